The molecule has 1 N–H and O–H groups in total. The van der Waals surface area contributed by atoms with E-state index in [0.717, 1.165) is 5.56 Å². The van der Waals surface area contributed by atoms with Gasteiger partial charge >= 0.3 is 0 Å². The van der Waals surface area contributed by atoms with Gasteiger partial charge < -0.3 is 0 Å². The van der Waals surface area contributed by atoms with Gasteiger partial charge in [-0.3, -0.25) is 4.79 Å². The van der Waals surface area contributed by atoms with Crippen LogP contribution in [0.25, 0.3) is 0 Å². The lowest BCUT2D eigenvalue weighted by Crippen LogP contribution is -2.26. The molecule has 4 heteroatoms. The van der Waals surface area contributed by atoms with Crippen molar-refractivity contribution in [1.29, 1.82) is 0 Å². The number of aryl methyl sites for hydroxylation is 1. The number of carbonyl (C=O) groups is 1. The molecular formula is C14H14N3O+. The molecule has 1 heterocycles. The van der Waals surface area contributed by atoms with E-state index in [1.807, 2.05) is 54.3 Å². The van der Waals surface area contributed by atoms with E-state index < -0.39 is 0 Å². The topological polar surface area (TPSA) is 45.3 Å². The largest absolute Gasteiger partial charge is 0.271 e. The Kier molecular flexibility index (Phi) is 3.81. The average Bonchev–Trinajstić information content (AvgIpc) is 2.42. The van der Waals surface area contributed by atoms with E-state index in [0.29, 0.717) is 5.56 Å². The molecule has 2 aromatic rings. The molecule has 0 spiro atoms. The molecule has 0 aliphatic rings. The van der Waals surface area contributed by atoms with Gasteiger partial charge in [-0.1, -0.05) is 18.2 Å². The maximum atomic E-state index is 11.7. The zero-order chi connectivity index (χ0) is 12.8. The van der Waals surface area contributed by atoms with Crippen molar-refractivity contribution >= 4 is 12.1 Å². The van der Waals surface area contributed by atoms with Gasteiger partial charge in [0.15, 0.2) is 12.4 Å². The fourth-order valence-corrected chi connectivity index (χ4v) is 1.42. The number of aromatic nitrogens is 1. The monoisotopic (exact) mass is 240 g/mol. The summed E-state index contributed by atoms with van der Waals surface area (Å²) in [6, 6.07) is 12.8. The number of amides is 1. The molecule has 1 amide bonds. The third-order valence-corrected chi connectivity index (χ3v) is 2.42. The van der Waals surface area contributed by atoms with Crippen LogP contribution in [0, 0.1) is 0 Å². The predicted molar refractivity (Wildman–Crippen MR) is 69.1 cm³/mol. The summed E-state index contributed by atoms with van der Waals surface area (Å²) in [6.45, 7) is 0. The first-order valence-electron chi connectivity index (χ1n) is 5.59. The van der Waals surface area contributed by atoms with Gasteiger partial charge in [-0.25, -0.2) is 9.99 Å². The highest BCUT2D eigenvalue weighted by atomic mass is 16.2. The molecule has 2 rings (SSSR count). The van der Waals surface area contributed by atoms with Crippen LogP contribution in [0.15, 0.2) is 60.0 Å². The summed E-state index contributed by atoms with van der Waals surface area (Å²) in [6.07, 6.45) is 5.45. The summed E-state index contributed by atoms with van der Waals surface area (Å²) in [5.41, 5.74) is 4.01. The lowest BCUT2D eigenvalue weighted by Gasteiger charge is -1.98. The van der Waals surface area contributed by atoms with Gasteiger partial charge in [-0.15, -0.1) is 0 Å². The average molecular weight is 240 g/mol. The van der Waals surface area contributed by atoms with Crippen LogP contribution in [-0.4, -0.2) is 12.1 Å². The van der Waals surface area contributed by atoms with Crippen molar-refractivity contribution in [3.63, 3.8) is 0 Å². The molecule has 0 aliphatic heterocycles. The second-order valence-electron chi connectivity index (χ2n) is 3.86. The highest BCUT2D eigenvalue weighted by molar-refractivity contribution is 5.94. The first-order valence-corrected chi connectivity index (χ1v) is 5.59. The van der Waals surface area contributed by atoms with Crippen LogP contribution in [0.5, 0.6) is 0 Å². The number of rotatable bonds is 3. The van der Waals surface area contributed by atoms with Crippen molar-refractivity contribution in [3.05, 3.63) is 66.0 Å². The van der Waals surface area contributed by atoms with E-state index in [1.54, 1.807) is 18.3 Å². The van der Waals surface area contributed by atoms with E-state index in [2.05, 4.69) is 10.5 Å². The Morgan fingerprint density at radius 2 is 1.83 bits per heavy atom. The lowest BCUT2D eigenvalue weighted by atomic mass is 10.2. The highest BCUT2D eigenvalue weighted by Crippen LogP contribution is 1.97. The Morgan fingerprint density at radius 3 is 2.50 bits per heavy atom. The number of hydrogen-bond acceptors (Lipinski definition) is 2. The third-order valence-electron chi connectivity index (χ3n) is 2.42. The van der Waals surface area contributed by atoms with E-state index in [4.69, 9.17) is 0 Å². The molecule has 1 aromatic heterocycles. The van der Waals surface area contributed by atoms with Crippen molar-refractivity contribution < 1.29 is 9.36 Å². The molecule has 0 aliphatic carbocycles. The molecule has 0 saturated carbocycles. The molecule has 18 heavy (non-hydrogen) atoms. The van der Waals surface area contributed by atoms with Gasteiger partial charge in [0.05, 0.1) is 6.21 Å². The maximum Gasteiger partial charge on any atom is 0.271 e. The Labute approximate surface area is 106 Å². The molecule has 1 aromatic carbocycles. The standard InChI is InChI=1S/C14H13N3O/c1-17-9-7-12(8-10-17)11-15-16-14(18)13-5-3-2-4-6-13/h2-11H,1H3/p+1. The van der Waals surface area contributed by atoms with Gasteiger partial charge in [0.1, 0.15) is 7.05 Å². The van der Waals surface area contributed by atoms with Gasteiger partial charge in [0, 0.05) is 23.3 Å². The Balaban J connectivity index is 1.96. The summed E-state index contributed by atoms with van der Waals surface area (Å²) in [4.78, 5) is 11.7. The Hall–Kier alpha value is -2.49. The summed E-state index contributed by atoms with van der Waals surface area (Å²) in [5.74, 6) is -0.215. The van der Waals surface area contributed by atoms with Crippen LogP contribution in [0.4, 0.5) is 0 Å². The predicted octanol–water partition coefficient (Wildman–Crippen LogP) is 1.27. The number of pyridine rings is 1. The van der Waals surface area contributed by atoms with Crippen molar-refractivity contribution in [2.45, 2.75) is 0 Å². The molecule has 4 nitrogen and oxygen atoms in total. The molecule has 90 valence electrons. The normalized spacial score (nSPS) is 10.5. The second-order valence-corrected chi connectivity index (χ2v) is 3.86. The van der Waals surface area contributed by atoms with Crippen LogP contribution >= 0.6 is 0 Å². The fraction of sp³-hybridized carbons (Fsp3) is 0.0714. The number of benzene rings is 1. The molecule has 0 unspecified atom stereocenters. The van der Waals surface area contributed by atoms with Crippen molar-refractivity contribution in [3.8, 4) is 0 Å². The van der Waals surface area contributed by atoms with Gasteiger partial charge in [-0.05, 0) is 12.1 Å². The van der Waals surface area contributed by atoms with Crippen LogP contribution in [-0.2, 0) is 7.05 Å². The second kappa shape index (κ2) is 5.72. The van der Waals surface area contributed by atoms with Crippen LogP contribution in [0.1, 0.15) is 15.9 Å². The minimum absolute atomic E-state index is 0.215. The zero-order valence-corrected chi connectivity index (χ0v) is 10.1. The van der Waals surface area contributed by atoms with Crippen molar-refractivity contribution in [2.75, 3.05) is 0 Å². The van der Waals surface area contributed by atoms with Crippen molar-refractivity contribution in [1.82, 2.24) is 5.43 Å². The Bertz CT molecular complexity index is 547. The van der Waals surface area contributed by atoms with Crippen molar-refractivity contribution in [2.24, 2.45) is 12.1 Å². The molecule has 0 atom stereocenters. The number of nitrogens with one attached hydrogen (secondary N) is 1. The maximum absolute atomic E-state index is 11.7. The number of hydrazone groups is 1. The first kappa shape index (κ1) is 12.0. The third kappa shape index (κ3) is 3.25. The van der Waals surface area contributed by atoms with E-state index in [9.17, 15) is 4.79 Å². The number of carbonyl (C=O) groups excluding carboxylic acids is 1. The summed E-state index contributed by atoms with van der Waals surface area (Å²) >= 11 is 0. The molecule has 0 radical (unpaired) electrons. The number of hydrogen-bond donors (Lipinski definition) is 1. The Morgan fingerprint density at radius 1 is 1.17 bits per heavy atom. The minimum atomic E-state index is -0.215. The molecule has 0 bridgehead atoms. The number of nitrogens with zero attached hydrogens (tertiary/aromatic N) is 2. The molecule has 0 saturated heterocycles. The van der Waals surface area contributed by atoms with Crippen LogP contribution in [0.3, 0.4) is 0 Å². The quantitative estimate of drug-likeness (QED) is 0.490. The van der Waals surface area contributed by atoms with Gasteiger partial charge in [0.25, 0.3) is 5.91 Å². The fourth-order valence-electron chi connectivity index (χ4n) is 1.42. The van der Waals surface area contributed by atoms with E-state index >= 15 is 0 Å². The first-order chi connectivity index (χ1) is 8.75. The SMILES string of the molecule is C[n+]1ccc(/C=N/NC(=O)c2ccccc2)cc1. The molecule has 0 fully saturated rings. The summed E-state index contributed by atoms with van der Waals surface area (Å²) in [5, 5.41) is 3.91. The zero-order valence-electron chi connectivity index (χ0n) is 10.1. The minimum Gasteiger partial charge on any atom is -0.267 e. The smallest absolute Gasteiger partial charge is 0.267 e. The van der Waals surface area contributed by atoms with Gasteiger partial charge in [0.2, 0.25) is 0 Å². The van der Waals surface area contributed by atoms with Crippen LogP contribution < -0.4 is 9.99 Å². The van der Waals surface area contributed by atoms with E-state index in [-0.39, 0.29) is 5.91 Å². The van der Waals surface area contributed by atoms with E-state index in [1.165, 1.54) is 0 Å². The van der Waals surface area contributed by atoms with Crippen LogP contribution in [0.2, 0.25) is 0 Å². The summed E-state index contributed by atoms with van der Waals surface area (Å²) in [7, 11) is 1.94. The molecular weight excluding hydrogens is 226 g/mol. The highest BCUT2D eigenvalue weighted by Gasteiger charge is 2.01. The lowest BCUT2D eigenvalue weighted by molar-refractivity contribution is -0.671. The van der Waals surface area contributed by atoms with Gasteiger partial charge in [-0.2, -0.15) is 5.10 Å². The summed E-state index contributed by atoms with van der Waals surface area (Å²) < 4.78 is 1.93.